The molecule has 6 nitrogen and oxygen atoms in total. The average molecular weight is 457 g/mol. The molecule has 0 aliphatic carbocycles. The second kappa shape index (κ2) is 8.09. The molecule has 0 spiro atoms. The Morgan fingerprint density at radius 2 is 1.61 bits per heavy atom. The number of halogens is 1. The summed E-state index contributed by atoms with van der Waals surface area (Å²) in [7, 11) is -2.77. The Balaban J connectivity index is 1.93. The minimum atomic E-state index is -4.29. The van der Waals surface area contributed by atoms with E-state index in [9.17, 15) is 13.2 Å². The molecule has 0 fully saturated rings. The van der Waals surface area contributed by atoms with E-state index in [2.05, 4.69) is 0 Å². The van der Waals surface area contributed by atoms with Crippen LogP contribution in [0, 0.1) is 6.92 Å². The monoisotopic (exact) mass is 456 g/mol. The van der Waals surface area contributed by atoms with Crippen molar-refractivity contribution in [2.45, 2.75) is 11.8 Å². The second-order valence-electron chi connectivity index (χ2n) is 6.81. The maximum Gasteiger partial charge on any atom is 0.339 e. The highest BCUT2D eigenvalue weighted by Gasteiger charge is 2.25. The summed E-state index contributed by atoms with van der Waals surface area (Å²) in [5.41, 5.74) is 0.937. The van der Waals surface area contributed by atoms with Crippen molar-refractivity contribution in [1.82, 2.24) is 0 Å². The van der Waals surface area contributed by atoms with Gasteiger partial charge in [0.1, 0.15) is 16.2 Å². The molecule has 158 valence electrons. The van der Waals surface area contributed by atoms with Crippen molar-refractivity contribution < 1.29 is 21.8 Å². The molecule has 0 saturated carbocycles. The van der Waals surface area contributed by atoms with Gasteiger partial charge in [-0.2, -0.15) is 8.42 Å². The number of hydrogen-bond acceptors (Lipinski definition) is 6. The van der Waals surface area contributed by atoms with Crippen molar-refractivity contribution in [2.75, 3.05) is 7.11 Å². The third kappa shape index (κ3) is 4.15. The van der Waals surface area contributed by atoms with Crippen LogP contribution in [0.4, 0.5) is 0 Å². The summed E-state index contributed by atoms with van der Waals surface area (Å²) in [6.07, 6.45) is 0. The Labute approximate surface area is 183 Å². The number of ether oxygens (including phenoxy) is 1. The Bertz CT molecular complexity index is 1420. The van der Waals surface area contributed by atoms with Crippen molar-refractivity contribution in [3.8, 4) is 22.8 Å². The molecule has 0 aliphatic rings. The first-order chi connectivity index (χ1) is 14.8. The van der Waals surface area contributed by atoms with E-state index in [1.165, 1.54) is 25.3 Å². The SMILES string of the molecule is COc1ccc(-c2oc3ccc(Cl)cc3c(=O)c2OS(=O)(=O)c2ccc(C)cc2)cc1. The zero-order valence-corrected chi connectivity index (χ0v) is 18.2. The predicted octanol–water partition coefficient (Wildman–Crippen LogP) is 5.20. The van der Waals surface area contributed by atoms with Crippen molar-refractivity contribution in [3.05, 3.63) is 87.5 Å². The van der Waals surface area contributed by atoms with E-state index in [-0.39, 0.29) is 21.6 Å². The van der Waals surface area contributed by atoms with Crippen LogP contribution in [0.25, 0.3) is 22.3 Å². The van der Waals surface area contributed by atoms with Crippen molar-refractivity contribution in [3.63, 3.8) is 0 Å². The molecular formula is C23H17ClO6S. The smallest absolute Gasteiger partial charge is 0.339 e. The van der Waals surface area contributed by atoms with E-state index in [1.807, 2.05) is 6.92 Å². The summed E-state index contributed by atoms with van der Waals surface area (Å²) in [6.45, 7) is 1.83. The van der Waals surface area contributed by atoms with Gasteiger partial charge in [-0.15, -0.1) is 0 Å². The predicted molar refractivity (Wildman–Crippen MR) is 118 cm³/mol. The molecule has 0 aliphatic heterocycles. The lowest BCUT2D eigenvalue weighted by atomic mass is 10.1. The lowest BCUT2D eigenvalue weighted by molar-refractivity contribution is 0.415. The van der Waals surface area contributed by atoms with E-state index in [4.69, 9.17) is 24.9 Å². The van der Waals surface area contributed by atoms with Crippen molar-refractivity contribution in [1.29, 1.82) is 0 Å². The summed E-state index contributed by atoms with van der Waals surface area (Å²) < 4.78 is 42.2. The maximum absolute atomic E-state index is 13.2. The minimum absolute atomic E-state index is 0.0156. The highest BCUT2D eigenvalue weighted by molar-refractivity contribution is 7.87. The normalized spacial score (nSPS) is 11.5. The summed E-state index contributed by atoms with van der Waals surface area (Å²) in [5.74, 6) is 0.132. The van der Waals surface area contributed by atoms with Gasteiger partial charge in [-0.1, -0.05) is 29.3 Å². The van der Waals surface area contributed by atoms with E-state index in [1.54, 1.807) is 48.5 Å². The summed E-state index contributed by atoms with van der Waals surface area (Å²) in [4.78, 5) is 13.1. The molecular weight excluding hydrogens is 440 g/mol. The van der Waals surface area contributed by atoms with Crippen LogP contribution in [0.1, 0.15) is 5.56 Å². The van der Waals surface area contributed by atoms with Crippen LogP contribution in [-0.2, 0) is 10.1 Å². The molecule has 3 aromatic carbocycles. The maximum atomic E-state index is 13.2. The molecule has 0 saturated heterocycles. The van der Waals surface area contributed by atoms with Gasteiger partial charge >= 0.3 is 10.1 Å². The fourth-order valence-corrected chi connectivity index (χ4v) is 4.13. The number of benzene rings is 3. The molecule has 0 N–H and O–H groups in total. The first-order valence-electron chi connectivity index (χ1n) is 9.20. The van der Waals surface area contributed by atoms with Crippen LogP contribution in [0.2, 0.25) is 5.02 Å². The summed E-state index contributed by atoms with van der Waals surface area (Å²) in [6, 6.07) is 17.3. The molecule has 31 heavy (non-hydrogen) atoms. The van der Waals surface area contributed by atoms with Crippen LogP contribution >= 0.6 is 11.6 Å². The molecule has 0 bridgehead atoms. The van der Waals surface area contributed by atoms with Gasteiger partial charge in [-0.3, -0.25) is 4.79 Å². The van der Waals surface area contributed by atoms with E-state index < -0.39 is 21.3 Å². The molecule has 0 atom stereocenters. The molecule has 1 aromatic heterocycles. The summed E-state index contributed by atoms with van der Waals surface area (Å²) >= 11 is 6.02. The van der Waals surface area contributed by atoms with Gasteiger partial charge in [0.2, 0.25) is 11.2 Å². The van der Waals surface area contributed by atoms with Gasteiger partial charge in [0.25, 0.3) is 0 Å². The van der Waals surface area contributed by atoms with E-state index in [0.717, 1.165) is 5.56 Å². The van der Waals surface area contributed by atoms with Gasteiger partial charge < -0.3 is 13.3 Å². The van der Waals surface area contributed by atoms with E-state index in [0.29, 0.717) is 16.3 Å². The van der Waals surface area contributed by atoms with E-state index >= 15 is 0 Å². The van der Waals surface area contributed by atoms with Crippen LogP contribution in [0.5, 0.6) is 11.5 Å². The molecule has 4 aromatic rings. The van der Waals surface area contributed by atoms with Crippen molar-refractivity contribution >= 4 is 32.7 Å². The Morgan fingerprint density at radius 3 is 2.26 bits per heavy atom. The van der Waals surface area contributed by atoms with Crippen LogP contribution < -0.4 is 14.3 Å². The Kier molecular flexibility index (Phi) is 5.47. The standard InChI is InChI=1S/C23H17ClO6S/c1-14-3-10-18(11-4-14)31(26,27)30-23-21(25)19-13-16(24)7-12-20(19)29-22(23)15-5-8-17(28-2)9-6-15/h3-13H,1-2H3. The minimum Gasteiger partial charge on any atom is -0.497 e. The molecule has 0 amide bonds. The number of hydrogen-bond donors (Lipinski definition) is 0. The largest absolute Gasteiger partial charge is 0.497 e. The van der Waals surface area contributed by atoms with Crippen LogP contribution in [-0.4, -0.2) is 15.5 Å². The molecule has 1 heterocycles. The number of aryl methyl sites for hydroxylation is 1. The third-order valence-electron chi connectivity index (χ3n) is 4.67. The number of rotatable bonds is 5. The first kappa shape index (κ1) is 21.0. The molecule has 4 rings (SSSR count). The molecule has 0 unspecified atom stereocenters. The quantitative estimate of drug-likeness (QED) is 0.384. The van der Waals surface area contributed by atoms with Crippen molar-refractivity contribution in [2.24, 2.45) is 0 Å². The Morgan fingerprint density at radius 1 is 0.935 bits per heavy atom. The zero-order valence-electron chi connectivity index (χ0n) is 16.6. The van der Waals surface area contributed by atoms with Gasteiger partial charge in [-0.25, -0.2) is 0 Å². The lowest BCUT2D eigenvalue weighted by Gasteiger charge is -2.12. The van der Waals surface area contributed by atoms with Crippen LogP contribution in [0.3, 0.4) is 0 Å². The lowest BCUT2D eigenvalue weighted by Crippen LogP contribution is -2.17. The van der Waals surface area contributed by atoms with Gasteiger partial charge in [0.15, 0.2) is 5.76 Å². The third-order valence-corrected chi connectivity index (χ3v) is 6.14. The molecule has 8 heteroatoms. The van der Waals surface area contributed by atoms with Gasteiger partial charge in [0, 0.05) is 10.6 Å². The van der Waals surface area contributed by atoms with Gasteiger partial charge in [-0.05, 0) is 61.5 Å². The van der Waals surface area contributed by atoms with Gasteiger partial charge in [0.05, 0.1) is 12.5 Å². The highest BCUT2D eigenvalue weighted by atomic mass is 35.5. The summed E-state index contributed by atoms with van der Waals surface area (Å²) in [5, 5.41) is 0.420. The number of fused-ring (bicyclic) bond motifs is 1. The topological polar surface area (TPSA) is 82.8 Å². The fourth-order valence-electron chi connectivity index (χ4n) is 3.02. The number of methoxy groups -OCH3 is 1. The van der Waals surface area contributed by atoms with Crippen LogP contribution in [0.15, 0.2) is 80.8 Å². The Hall–Kier alpha value is -3.29. The average Bonchev–Trinajstić information content (AvgIpc) is 2.76. The second-order valence-corrected chi connectivity index (χ2v) is 8.79. The first-order valence-corrected chi connectivity index (χ1v) is 11.0. The highest BCUT2D eigenvalue weighted by Crippen LogP contribution is 2.34. The molecule has 0 radical (unpaired) electrons. The fraction of sp³-hybridized carbons (Fsp3) is 0.0870. The zero-order chi connectivity index (χ0) is 22.2.